The predicted molar refractivity (Wildman–Crippen MR) is 153 cm³/mol. The van der Waals surface area contributed by atoms with Crippen LogP contribution in [-0.4, -0.2) is 47.1 Å². The zero-order valence-corrected chi connectivity index (χ0v) is 22.2. The van der Waals surface area contributed by atoms with Crippen LogP contribution in [0, 0.1) is 5.92 Å². The number of nitrogens with one attached hydrogen (secondary N) is 1. The molecule has 1 aliphatic carbocycles. The summed E-state index contributed by atoms with van der Waals surface area (Å²) >= 11 is 0. The third-order valence-corrected chi connectivity index (χ3v) is 8.48. The number of carbonyl (C=O) groups excluding carboxylic acids is 1. The van der Waals surface area contributed by atoms with Gasteiger partial charge in [-0.1, -0.05) is 49.2 Å². The molecule has 1 N–H and O–H groups in total. The minimum absolute atomic E-state index is 0.0182. The number of aromatic amines is 1. The van der Waals surface area contributed by atoms with Gasteiger partial charge in [0.25, 0.3) is 0 Å². The van der Waals surface area contributed by atoms with Gasteiger partial charge in [-0.2, -0.15) is 5.10 Å². The molecule has 1 aliphatic heterocycles. The molecule has 1 saturated heterocycles. The number of benzene rings is 3. The smallest absolute Gasteiger partial charge is 0.144 e. The molecule has 0 amide bonds. The van der Waals surface area contributed by atoms with Crippen molar-refractivity contribution in [1.82, 2.24) is 15.1 Å². The summed E-state index contributed by atoms with van der Waals surface area (Å²) in [4.78, 5) is 16.1. The van der Waals surface area contributed by atoms with Crippen LogP contribution in [0.3, 0.4) is 0 Å². The Kier molecular flexibility index (Phi) is 7.28. The fourth-order valence-electron chi connectivity index (χ4n) is 6.36. The van der Waals surface area contributed by atoms with Gasteiger partial charge in [0.15, 0.2) is 0 Å². The molecule has 2 fully saturated rings. The molecule has 0 bridgehead atoms. The van der Waals surface area contributed by atoms with Gasteiger partial charge in [-0.15, -0.1) is 0 Å². The average Bonchev–Trinajstić information content (AvgIpc) is 3.62. The molecule has 5 heteroatoms. The first kappa shape index (κ1) is 24.9. The van der Waals surface area contributed by atoms with E-state index >= 15 is 0 Å². The van der Waals surface area contributed by atoms with Crippen LogP contribution in [0.4, 0.5) is 0 Å². The van der Waals surface area contributed by atoms with Crippen molar-refractivity contribution in [2.45, 2.75) is 57.0 Å². The van der Waals surface area contributed by atoms with Crippen molar-refractivity contribution in [3.8, 4) is 17.0 Å². The first-order chi connectivity index (χ1) is 18.6. The molecule has 3 aromatic carbocycles. The molecule has 0 radical (unpaired) electrons. The third-order valence-electron chi connectivity index (χ3n) is 8.48. The molecule has 4 aromatic rings. The molecular weight excluding hydrogens is 470 g/mol. The zero-order valence-electron chi connectivity index (χ0n) is 22.2. The standard InChI is InChI=1S/C33H37N3O2/c1-36-19-17-28(18-20-36)38-27-14-12-26(13-15-27)33-29-21-23(11-16-30(29)34-35-33)22-31(37)32(25-9-5-6-10-25)24-7-3-2-4-8-24/h2-4,7-8,11-16,21,25,28,32H,5-6,9-10,17-20,22H2,1H3,(H,34,35). The number of fused-ring (bicyclic) bond motifs is 1. The number of aromatic nitrogens is 2. The topological polar surface area (TPSA) is 58.2 Å². The molecule has 38 heavy (non-hydrogen) atoms. The highest BCUT2D eigenvalue weighted by molar-refractivity contribution is 5.95. The van der Waals surface area contributed by atoms with Crippen LogP contribution in [0.25, 0.3) is 22.2 Å². The summed E-state index contributed by atoms with van der Waals surface area (Å²) in [5, 5.41) is 8.86. The largest absolute Gasteiger partial charge is 0.490 e. The SMILES string of the molecule is CN1CCC(Oc2ccc(-c3n[nH]c4ccc(CC(=O)C(c5ccccc5)C5CCCC5)cc34)cc2)CC1. The number of rotatable bonds is 8. The van der Waals surface area contributed by atoms with E-state index in [1.165, 1.54) is 12.8 Å². The normalized spacial score (nSPS) is 18.1. The van der Waals surface area contributed by atoms with Crippen LogP contribution in [-0.2, 0) is 11.2 Å². The Labute approximate surface area is 225 Å². The Bertz CT molecular complexity index is 1360. The van der Waals surface area contributed by atoms with Crippen molar-refractivity contribution >= 4 is 16.7 Å². The molecule has 6 rings (SSSR count). The van der Waals surface area contributed by atoms with Gasteiger partial charge in [-0.3, -0.25) is 9.89 Å². The van der Waals surface area contributed by atoms with E-state index in [9.17, 15) is 4.79 Å². The van der Waals surface area contributed by atoms with E-state index in [-0.39, 0.29) is 12.0 Å². The van der Waals surface area contributed by atoms with Crippen molar-refractivity contribution in [1.29, 1.82) is 0 Å². The van der Waals surface area contributed by atoms with Crippen molar-refractivity contribution in [3.63, 3.8) is 0 Å². The molecule has 196 valence electrons. The van der Waals surface area contributed by atoms with Crippen molar-refractivity contribution in [2.75, 3.05) is 20.1 Å². The molecule has 0 spiro atoms. The van der Waals surface area contributed by atoms with Gasteiger partial charge in [-0.05, 0) is 86.2 Å². The van der Waals surface area contributed by atoms with Crippen LogP contribution in [0.5, 0.6) is 5.75 Å². The van der Waals surface area contributed by atoms with Crippen molar-refractivity contribution < 1.29 is 9.53 Å². The lowest BCUT2D eigenvalue weighted by molar-refractivity contribution is -0.121. The molecule has 1 atom stereocenters. The minimum Gasteiger partial charge on any atom is -0.490 e. The molecule has 2 heterocycles. The number of ether oxygens (including phenoxy) is 1. The summed E-state index contributed by atoms with van der Waals surface area (Å²) in [6.45, 7) is 2.17. The second-order valence-electron chi connectivity index (χ2n) is 11.2. The lowest BCUT2D eigenvalue weighted by Crippen LogP contribution is -2.35. The fourth-order valence-corrected chi connectivity index (χ4v) is 6.36. The van der Waals surface area contributed by atoms with Gasteiger partial charge in [0.2, 0.25) is 0 Å². The van der Waals surface area contributed by atoms with E-state index in [4.69, 9.17) is 4.74 Å². The summed E-state index contributed by atoms with van der Waals surface area (Å²) in [5.74, 6) is 1.67. The zero-order chi connectivity index (χ0) is 25.9. The van der Waals surface area contributed by atoms with Crippen LogP contribution in [0.2, 0.25) is 0 Å². The van der Waals surface area contributed by atoms with Gasteiger partial charge in [-0.25, -0.2) is 0 Å². The number of hydrogen-bond acceptors (Lipinski definition) is 4. The van der Waals surface area contributed by atoms with Gasteiger partial charge in [0.1, 0.15) is 17.6 Å². The van der Waals surface area contributed by atoms with Gasteiger partial charge >= 0.3 is 0 Å². The van der Waals surface area contributed by atoms with E-state index in [0.717, 1.165) is 77.8 Å². The maximum Gasteiger partial charge on any atom is 0.144 e. The number of Topliss-reactive ketones (excluding diaryl/α,β-unsaturated/α-hetero) is 1. The van der Waals surface area contributed by atoms with E-state index in [1.807, 2.05) is 18.2 Å². The first-order valence-electron chi connectivity index (χ1n) is 14.1. The number of carbonyl (C=O) groups is 1. The highest BCUT2D eigenvalue weighted by Crippen LogP contribution is 2.39. The maximum atomic E-state index is 13.7. The third kappa shape index (κ3) is 5.39. The summed E-state index contributed by atoms with van der Waals surface area (Å²) in [6, 6.07) is 24.9. The number of piperidine rings is 1. The van der Waals surface area contributed by atoms with Gasteiger partial charge in [0, 0.05) is 36.4 Å². The Morgan fingerprint density at radius 3 is 2.45 bits per heavy atom. The monoisotopic (exact) mass is 507 g/mol. The summed E-state index contributed by atoms with van der Waals surface area (Å²) in [7, 11) is 2.16. The lowest BCUT2D eigenvalue weighted by atomic mass is 9.80. The number of nitrogens with zero attached hydrogens (tertiary/aromatic N) is 2. The molecule has 5 nitrogen and oxygen atoms in total. The molecule has 2 aliphatic rings. The van der Waals surface area contributed by atoms with Crippen LogP contribution >= 0.6 is 0 Å². The Morgan fingerprint density at radius 2 is 1.71 bits per heavy atom. The number of hydrogen-bond donors (Lipinski definition) is 1. The lowest BCUT2D eigenvalue weighted by Gasteiger charge is -2.29. The Balaban J connectivity index is 1.20. The molecule has 1 aromatic heterocycles. The van der Waals surface area contributed by atoms with Gasteiger partial charge < -0.3 is 9.64 Å². The van der Waals surface area contributed by atoms with Crippen molar-refractivity contribution in [3.05, 3.63) is 83.9 Å². The second-order valence-corrected chi connectivity index (χ2v) is 11.2. The summed E-state index contributed by atoms with van der Waals surface area (Å²) < 4.78 is 6.23. The number of ketones is 1. The predicted octanol–water partition coefficient (Wildman–Crippen LogP) is 6.79. The molecule has 1 unspecified atom stereocenters. The average molecular weight is 508 g/mol. The quantitative estimate of drug-likeness (QED) is 0.285. The second kappa shape index (κ2) is 11.1. The van der Waals surface area contributed by atoms with Crippen molar-refractivity contribution in [2.24, 2.45) is 5.92 Å². The number of H-pyrrole nitrogens is 1. The molecule has 1 saturated carbocycles. The summed E-state index contributed by atoms with van der Waals surface area (Å²) in [6.07, 6.45) is 7.61. The Morgan fingerprint density at radius 1 is 0.974 bits per heavy atom. The minimum atomic E-state index is -0.0182. The maximum absolute atomic E-state index is 13.7. The summed E-state index contributed by atoms with van der Waals surface area (Å²) in [5.41, 5.74) is 5.15. The fraction of sp³-hybridized carbons (Fsp3) is 0.394. The van der Waals surface area contributed by atoms with Crippen LogP contribution in [0.1, 0.15) is 55.6 Å². The van der Waals surface area contributed by atoms with Gasteiger partial charge in [0.05, 0.1) is 11.2 Å². The van der Waals surface area contributed by atoms with E-state index in [0.29, 0.717) is 18.1 Å². The van der Waals surface area contributed by atoms with Crippen LogP contribution < -0.4 is 4.74 Å². The first-order valence-corrected chi connectivity index (χ1v) is 14.1. The highest BCUT2D eigenvalue weighted by Gasteiger charge is 2.31. The Hall–Kier alpha value is -3.44. The molecular formula is C33H37N3O2. The van der Waals surface area contributed by atoms with E-state index in [1.54, 1.807) is 0 Å². The number of likely N-dealkylation sites (tertiary alicyclic amines) is 1. The van der Waals surface area contributed by atoms with E-state index in [2.05, 4.69) is 76.7 Å². The van der Waals surface area contributed by atoms with Crippen LogP contribution in [0.15, 0.2) is 72.8 Å². The highest BCUT2D eigenvalue weighted by atomic mass is 16.5. The van der Waals surface area contributed by atoms with E-state index < -0.39 is 0 Å².